The van der Waals surface area contributed by atoms with Crippen LogP contribution in [0, 0.1) is 19.8 Å². The van der Waals surface area contributed by atoms with E-state index in [1.165, 1.54) is 0 Å². The minimum absolute atomic E-state index is 0.0628. The molecular formula is C19H27N3O3. The van der Waals surface area contributed by atoms with Gasteiger partial charge in [0.2, 0.25) is 11.8 Å². The molecule has 0 spiro atoms. The third kappa shape index (κ3) is 4.80. The number of benzene rings is 1. The minimum Gasteiger partial charge on any atom is -0.379 e. The quantitative estimate of drug-likeness (QED) is 0.877. The maximum atomic E-state index is 12.5. The largest absolute Gasteiger partial charge is 0.379 e. The molecule has 1 unspecified atom stereocenters. The molecule has 3 rings (SSSR count). The van der Waals surface area contributed by atoms with E-state index in [1.54, 1.807) is 0 Å². The highest BCUT2D eigenvalue weighted by atomic mass is 16.5. The van der Waals surface area contributed by atoms with Crippen molar-refractivity contribution in [3.63, 3.8) is 0 Å². The maximum Gasteiger partial charge on any atom is 0.229 e. The van der Waals surface area contributed by atoms with Gasteiger partial charge in [0.1, 0.15) is 0 Å². The summed E-state index contributed by atoms with van der Waals surface area (Å²) in [5, 5.41) is 2.97. The van der Waals surface area contributed by atoms with Gasteiger partial charge in [-0.25, -0.2) is 0 Å². The average molecular weight is 345 g/mol. The zero-order valence-corrected chi connectivity index (χ0v) is 15.1. The van der Waals surface area contributed by atoms with Crippen LogP contribution in [0.5, 0.6) is 0 Å². The summed E-state index contributed by atoms with van der Waals surface area (Å²) in [6.45, 7) is 9.41. The molecule has 1 N–H and O–H groups in total. The van der Waals surface area contributed by atoms with Gasteiger partial charge in [0.15, 0.2) is 0 Å². The molecule has 0 aromatic heterocycles. The maximum absolute atomic E-state index is 12.5. The van der Waals surface area contributed by atoms with Gasteiger partial charge in [-0.05, 0) is 37.1 Å². The Kier molecular flexibility index (Phi) is 5.71. The molecule has 1 aromatic rings. The number of hydrogen-bond donors (Lipinski definition) is 1. The second-order valence-electron chi connectivity index (χ2n) is 7.06. The third-order valence-electron chi connectivity index (χ3n) is 4.86. The fourth-order valence-electron chi connectivity index (χ4n) is 3.54. The van der Waals surface area contributed by atoms with Gasteiger partial charge < -0.3 is 15.0 Å². The molecule has 2 aliphatic rings. The molecule has 2 aliphatic heterocycles. The Balaban J connectivity index is 1.51. The minimum atomic E-state index is -0.266. The number of nitrogens with zero attached hydrogens (tertiary/aromatic N) is 2. The van der Waals surface area contributed by atoms with Crippen LogP contribution in [-0.2, 0) is 14.3 Å². The van der Waals surface area contributed by atoms with Crippen LogP contribution in [0.15, 0.2) is 18.2 Å². The first-order valence-electron chi connectivity index (χ1n) is 8.98. The molecule has 1 atom stereocenters. The first kappa shape index (κ1) is 17.9. The number of ether oxygens (including phenoxy) is 1. The Morgan fingerprint density at radius 1 is 1.16 bits per heavy atom. The molecule has 2 fully saturated rings. The van der Waals surface area contributed by atoms with E-state index in [0.29, 0.717) is 19.5 Å². The fourth-order valence-corrected chi connectivity index (χ4v) is 3.54. The number of carbonyl (C=O) groups excluding carboxylic acids is 2. The zero-order chi connectivity index (χ0) is 17.8. The SMILES string of the molecule is Cc1cc(C)cc(NC(=O)C2CC(=O)N(CCN3CCOCC3)C2)c1. The van der Waals surface area contributed by atoms with Gasteiger partial charge in [-0.3, -0.25) is 14.5 Å². The predicted octanol–water partition coefficient (Wildman–Crippen LogP) is 1.42. The van der Waals surface area contributed by atoms with E-state index in [2.05, 4.69) is 16.3 Å². The number of carbonyl (C=O) groups is 2. The van der Waals surface area contributed by atoms with Gasteiger partial charge in [0.05, 0.1) is 19.1 Å². The molecule has 2 heterocycles. The molecule has 6 nitrogen and oxygen atoms in total. The monoisotopic (exact) mass is 345 g/mol. The van der Waals surface area contributed by atoms with Crippen molar-refractivity contribution in [3.8, 4) is 0 Å². The van der Waals surface area contributed by atoms with Crippen LogP contribution in [-0.4, -0.2) is 67.6 Å². The summed E-state index contributed by atoms with van der Waals surface area (Å²) in [5.41, 5.74) is 3.04. The Morgan fingerprint density at radius 2 is 1.84 bits per heavy atom. The molecule has 2 saturated heterocycles. The highest BCUT2D eigenvalue weighted by Crippen LogP contribution is 2.21. The first-order chi connectivity index (χ1) is 12.0. The van der Waals surface area contributed by atoms with E-state index in [4.69, 9.17) is 4.74 Å². The first-order valence-corrected chi connectivity index (χ1v) is 8.98. The second kappa shape index (κ2) is 7.97. The summed E-state index contributed by atoms with van der Waals surface area (Å²) in [4.78, 5) is 28.9. The van der Waals surface area contributed by atoms with Gasteiger partial charge in [-0.1, -0.05) is 6.07 Å². The summed E-state index contributed by atoms with van der Waals surface area (Å²) in [6.07, 6.45) is 0.305. The lowest BCUT2D eigenvalue weighted by Gasteiger charge is -2.28. The zero-order valence-electron chi connectivity index (χ0n) is 15.1. The number of hydrogen-bond acceptors (Lipinski definition) is 4. The van der Waals surface area contributed by atoms with Crippen molar-refractivity contribution in [2.75, 3.05) is 51.3 Å². The van der Waals surface area contributed by atoms with E-state index in [0.717, 1.165) is 49.7 Å². The molecule has 0 radical (unpaired) electrons. The van der Waals surface area contributed by atoms with Crippen molar-refractivity contribution < 1.29 is 14.3 Å². The molecular weight excluding hydrogens is 318 g/mol. The number of likely N-dealkylation sites (tertiary alicyclic amines) is 1. The normalized spacial score (nSPS) is 21.6. The van der Waals surface area contributed by atoms with Gasteiger partial charge in [0.25, 0.3) is 0 Å². The van der Waals surface area contributed by atoms with Crippen LogP contribution < -0.4 is 5.32 Å². The predicted molar refractivity (Wildman–Crippen MR) is 96.5 cm³/mol. The number of rotatable bonds is 5. The number of amides is 2. The van der Waals surface area contributed by atoms with Crippen molar-refractivity contribution in [3.05, 3.63) is 29.3 Å². The van der Waals surface area contributed by atoms with Crippen LogP contribution in [0.2, 0.25) is 0 Å². The topological polar surface area (TPSA) is 61.9 Å². The number of anilines is 1. The van der Waals surface area contributed by atoms with E-state index in [1.807, 2.05) is 30.9 Å². The lowest BCUT2D eigenvalue weighted by atomic mass is 10.1. The van der Waals surface area contributed by atoms with Crippen LogP contribution in [0.3, 0.4) is 0 Å². The number of nitrogens with one attached hydrogen (secondary N) is 1. The van der Waals surface area contributed by atoms with Crippen LogP contribution in [0.25, 0.3) is 0 Å². The Morgan fingerprint density at radius 3 is 2.52 bits per heavy atom. The van der Waals surface area contributed by atoms with E-state index in [9.17, 15) is 9.59 Å². The molecule has 25 heavy (non-hydrogen) atoms. The van der Waals surface area contributed by atoms with Crippen molar-refractivity contribution in [1.29, 1.82) is 0 Å². The lowest BCUT2D eigenvalue weighted by molar-refractivity contribution is -0.128. The van der Waals surface area contributed by atoms with E-state index >= 15 is 0 Å². The molecule has 136 valence electrons. The standard InChI is InChI=1S/C19H27N3O3/c1-14-9-15(2)11-17(10-14)20-19(24)16-12-18(23)22(13-16)4-3-21-5-7-25-8-6-21/h9-11,16H,3-8,12-13H2,1-2H3,(H,20,24). The van der Waals surface area contributed by atoms with Crippen molar-refractivity contribution >= 4 is 17.5 Å². The molecule has 1 aromatic carbocycles. The van der Waals surface area contributed by atoms with Crippen LogP contribution in [0.4, 0.5) is 5.69 Å². The Labute approximate surface area is 149 Å². The lowest BCUT2D eigenvalue weighted by Crippen LogP contribution is -2.42. The molecule has 6 heteroatoms. The average Bonchev–Trinajstić information content (AvgIpc) is 2.94. The van der Waals surface area contributed by atoms with Gasteiger partial charge in [-0.15, -0.1) is 0 Å². The van der Waals surface area contributed by atoms with Crippen LogP contribution >= 0.6 is 0 Å². The summed E-state index contributed by atoms with van der Waals surface area (Å²) < 4.78 is 5.34. The van der Waals surface area contributed by atoms with Gasteiger partial charge >= 0.3 is 0 Å². The smallest absolute Gasteiger partial charge is 0.229 e. The van der Waals surface area contributed by atoms with Crippen molar-refractivity contribution in [1.82, 2.24) is 9.80 Å². The van der Waals surface area contributed by atoms with E-state index in [-0.39, 0.29) is 17.7 Å². The van der Waals surface area contributed by atoms with Gasteiger partial charge in [-0.2, -0.15) is 0 Å². The Bertz CT molecular complexity index is 621. The number of aryl methyl sites for hydroxylation is 2. The third-order valence-corrected chi connectivity index (χ3v) is 4.86. The van der Waals surface area contributed by atoms with Gasteiger partial charge in [0, 0.05) is 44.8 Å². The summed E-state index contributed by atoms with van der Waals surface area (Å²) in [6, 6.07) is 5.98. The second-order valence-corrected chi connectivity index (χ2v) is 7.06. The number of morpholine rings is 1. The molecule has 2 amide bonds. The Hall–Kier alpha value is -1.92. The fraction of sp³-hybridized carbons (Fsp3) is 0.579. The highest BCUT2D eigenvalue weighted by molar-refractivity contribution is 5.97. The van der Waals surface area contributed by atoms with Crippen molar-refractivity contribution in [2.24, 2.45) is 5.92 Å². The molecule has 0 bridgehead atoms. The molecule has 0 aliphatic carbocycles. The highest BCUT2D eigenvalue weighted by Gasteiger charge is 2.34. The van der Waals surface area contributed by atoms with E-state index < -0.39 is 0 Å². The van der Waals surface area contributed by atoms with Crippen molar-refractivity contribution in [2.45, 2.75) is 20.3 Å². The summed E-state index contributed by atoms with van der Waals surface area (Å²) >= 11 is 0. The summed E-state index contributed by atoms with van der Waals surface area (Å²) in [5.74, 6) is -0.251. The summed E-state index contributed by atoms with van der Waals surface area (Å²) in [7, 11) is 0. The van der Waals surface area contributed by atoms with Crippen LogP contribution in [0.1, 0.15) is 17.5 Å². The molecule has 0 saturated carbocycles.